The minimum absolute atomic E-state index is 0.0690. The number of hydrogen-bond acceptors (Lipinski definition) is 3. The first-order chi connectivity index (χ1) is 11.9. The molecule has 25 heavy (non-hydrogen) atoms. The van der Waals surface area contributed by atoms with Gasteiger partial charge in [-0.05, 0) is 56.1 Å². The number of carbonyl (C=O) groups is 1. The van der Waals surface area contributed by atoms with Crippen LogP contribution in [0.4, 0.5) is 10.1 Å². The maximum absolute atomic E-state index is 13.8. The second-order valence-corrected chi connectivity index (χ2v) is 7.05. The summed E-state index contributed by atoms with van der Waals surface area (Å²) in [6, 6.07) is 12.4. The summed E-state index contributed by atoms with van der Waals surface area (Å²) in [5.74, 6) is -0.876. The number of carbonyl (C=O) groups excluding carboxylic acids is 1. The van der Waals surface area contributed by atoms with Gasteiger partial charge in [0, 0.05) is 30.3 Å². The maximum atomic E-state index is 13.8. The average molecular weight is 405 g/mol. The number of rotatable bonds is 7. The Kier molecular flexibility index (Phi) is 6.91. The van der Waals surface area contributed by atoms with Crippen LogP contribution in [0.25, 0.3) is 6.08 Å². The van der Waals surface area contributed by atoms with E-state index in [0.717, 1.165) is 24.3 Å². The predicted octanol–water partition coefficient (Wildman–Crippen LogP) is 4.48. The molecule has 0 radical (unpaired) electrons. The maximum Gasteiger partial charge on any atom is 0.188 e. The molecule has 2 aromatic carbocycles. The Morgan fingerprint density at radius 1 is 1.08 bits per heavy atom. The van der Waals surface area contributed by atoms with Crippen LogP contribution in [0.2, 0.25) is 0 Å². The van der Waals surface area contributed by atoms with E-state index in [1.807, 2.05) is 45.4 Å². The molecule has 0 aliphatic carbocycles. The van der Waals surface area contributed by atoms with Crippen molar-refractivity contribution < 1.29 is 9.18 Å². The van der Waals surface area contributed by atoms with Crippen molar-refractivity contribution >= 4 is 33.5 Å². The molecule has 0 fully saturated rings. The molecule has 132 valence electrons. The molecule has 0 spiro atoms. The summed E-state index contributed by atoms with van der Waals surface area (Å²) >= 11 is 3.18. The molecule has 5 heteroatoms. The molecule has 0 unspecified atom stereocenters. The second-order valence-electron chi connectivity index (χ2n) is 6.14. The van der Waals surface area contributed by atoms with E-state index in [-0.39, 0.29) is 11.3 Å². The Morgan fingerprint density at radius 2 is 1.76 bits per heavy atom. The lowest BCUT2D eigenvalue weighted by atomic mass is 10.1. The molecule has 0 heterocycles. The highest BCUT2D eigenvalue weighted by molar-refractivity contribution is 9.10. The minimum Gasteiger partial charge on any atom is -0.373 e. The summed E-state index contributed by atoms with van der Waals surface area (Å²) in [6.07, 6.45) is 3.10. The number of ketones is 1. The summed E-state index contributed by atoms with van der Waals surface area (Å²) in [4.78, 5) is 16.4. The average Bonchev–Trinajstić information content (AvgIpc) is 2.58. The van der Waals surface area contributed by atoms with Crippen LogP contribution in [0.3, 0.4) is 0 Å². The number of halogens is 2. The van der Waals surface area contributed by atoms with Crippen LogP contribution in [0, 0.1) is 5.82 Å². The standard InChI is InChI=1S/C20H22BrFN2O/c1-23(2)12-13-24(3)17-8-4-15(5-9-17)6-11-20(25)18-10-7-16(21)14-19(18)22/h4-11,14H,12-13H2,1-3H3. The van der Waals surface area contributed by atoms with Gasteiger partial charge in [-0.3, -0.25) is 4.79 Å². The Hall–Kier alpha value is -1.98. The Morgan fingerprint density at radius 3 is 2.36 bits per heavy atom. The van der Waals surface area contributed by atoms with Crippen molar-refractivity contribution in [2.75, 3.05) is 39.1 Å². The fourth-order valence-corrected chi connectivity index (χ4v) is 2.60. The van der Waals surface area contributed by atoms with E-state index in [4.69, 9.17) is 0 Å². The Balaban J connectivity index is 2.02. The van der Waals surface area contributed by atoms with Crippen molar-refractivity contribution in [1.29, 1.82) is 0 Å². The van der Waals surface area contributed by atoms with Crippen molar-refractivity contribution in [3.63, 3.8) is 0 Å². The number of hydrogen-bond donors (Lipinski definition) is 0. The third kappa shape index (κ3) is 5.80. The number of allylic oxidation sites excluding steroid dienone is 1. The molecule has 0 aromatic heterocycles. The van der Waals surface area contributed by atoms with E-state index in [1.165, 1.54) is 18.2 Å². The van der Waals surface area contributed by atoms with Gasteiger partial charge in [-0.15, -0.1) is 0 Å². The third-order valence-corrected chi connectivity index (χ3v) is 4.33. The van der Waals surface area contributed by atoms with Gasteiger partial charge in [0.2, 0.25) is 0 Å². The third-order valence-electron chi connectivity index (χ3n) is 3.84. The van der Waals surface area contributed by atoms with Gasteiger partial charge in [0.25, 0.3) is 0 Å². The van der Waals surface area contributed by atoms with Gasteiger partial charge in [0.1, 0.15) is 5.82 Å². The number of likely N-dealkylation sites (N-methyl/N-ethyl adjacent to an activating group) is 2. The van der Waals surface area contributed by atoms with Crippen molar-refractivity contribution in [3.05, 3.63) is 70.0 Å². The van der Waals surface area contributed by atoms with Crippen LogP contribution >= 0.6 is 15.9 Å². The molecule has 0 atom stereocenters. The van der Waals surface area contributed by atoms with Crippen molar-refractivity contribution in [1.82, 2.24) is 4.90 Å². The molecule has 0 aliphatic rings. The smallest absolute Gasteiger partial charge is 0.188 e. The van der Waals surface area contributed by atoms with E-state index >= 15 is 0 Å². The highest BCUT2D eigenvalue weighted by Crippen LogP contribution is 2.17. The molecule has 0 bridgehead atoms. The van der Waals surface area contributed by atoms with E-state index in [1.54, 1.807) is 12.1 Å². The van der Waals surface area contributed by atoms with E-state index < -0.39 is 5.82 Å². The lowest BCUT2D eigenvalue weighted by molar-refractivity contribution is 0.104. The van der Waals surface area contributed by atoms with Crippen molar-refractivity contribution in [3.8, 4) is 0 Å². The van der Waals surface area contributed by atoms with Gasteiger partial charge in [-0.1, -0.05) is 34.1 Å². The van der Waals surface area contributed by atoms with Crippen LogP contribution in [0.1, 0.15) is 15.9 Å². The lowest BCUT2D eigenvalue weighted by Crippen LogP contribution is -2.28. The van der Waals surface area contributed by atoms with Gasteiger partial charge in [-0.25, -0.2) is 4.39 Å². The lowest BCUT2D eigenvalue weighted by Gasteiger charge is -2.21. The molecular weight excluding hydrogens is 383 g/mol. The zero-order valence-corrected chi connectivity index (χ0v) is 16.3. The highest BCUT2D eigenvalue weighted by atomic mass is 79.9. The predicted molar refractivity (Wildman–Crippen MR) is 106 cm³/mol. The zero-order valence-electron chi connectivity index (χ0n) is 14.7. The van der Waals surface area contributed by atoms with Crippen molar-refractivity contribution in [2.24, 2.45) is 0 Å². The first kappa shape index (κ1) is 19.3. The molecule has 0 N–H and O–H groups in total. The first-order valence-corrected chi connectivity index (χ1v) is 8.79. The molecule has 2 rings (SSSR count). The highest BCUT2D eigenvalue weighted by Gasteiger charge is 2.09. The van der Waals surface area contributed by atoms with Crippen LogP contribution in [-0.2, 0) is 0 Å². The quantitative estimate of drug-likeness (QED) is 0.501. The summed E-state index contributed by atoms with van der Waals surface area (Å²) in [5.41, 5.74) is 2.08. The van der Waals surface area contributed by atoms with Crippen molar-refractivity contribution in [2.45, 2.75) is 0 Å². The molecule has 0 aliphatic heterocycles. The number of nitrogens with zero attached hydrogens (tertiary/aromatic N) is 2. The summed E-state index contributed by atoms with van der Waals surface area (Å²) in [7, 11) is 6.15. The van der Waals surface area contributed by atoms with Gasteiger partial charge in [0.05, 0.1) is 5.56 Å². The van der Waals surface area contributed by atoms with Gasteiger partial charge in [0.15, 0.2) is 5.78 Å². The molecule has 0 saturated heterocycles. The fraction of sp³-hybridized carbons (Fsp3) is 0.250. The normalized spacial score (nSPS) is 11.3. The van der Waals surface area contributed by atoms with Crippen LogP contribution in [-0.4, -0.2) is 44.9 Å². The second kappa shape index (κ2) is 8.92. The molecule has 2 aromatic rings. The summed E-state index contributed by atoms with van der Waals surface area (Å²) in [5, 5.41) is 0. The summed E-state index contributed by atoms with van der Waals surface area (Å²) in [6.45, 7) is 1.91. The van der Waals surface area contributed by atoms with E-state index in [0.29, 0.717) is 4.47 Å². The molecular formula is C20H22BrFN2O. The molecule has 0 amide bonds. The van der Waals surface area contributed by atoms with E-state index in [9.17, 15) is 9.18 Å². The largest absolute Gasteiger partial charge is 0.373 e. The van der Waals surface area contributed by atoms with Gasteiger partial charge >= 0.3 is 0 Å². The molecule has 0 saturated carbocycles. The van der Waals surface area contributed by atoms with Gasteiger partial charge in [-0.2, -0.15) is 0 Å². The first-order valence-electron chi connectivity index (χ1n) is 8.00. The molecule has 3 nitrogen and oxygen atoms in total. The van der Waals surface area contributed by atoms with Crippen LogP contribution < -0.4 is 4.90 Å². The number of anilines is 1. The Labute approximate surface area is 156 Å². The Bertz CT molecular complexity index is 757. The van der Waals surface area contributed by atoms with E-state index in [2.05, 4.69) is 25.7 Å². The SMILES string of the molecule is CN(C)CCN(C)c1ccc(C=CC(=O)c2ccc(Br)cc2F)cc1. The van der Waals surface area contributed by atoms with Crippen LogP contribution in [0.15, 0.2) is 53.0 Å². The topological polar surface area (TPSA) is 23.6 Å². The summed E-state index contributed by atoms with van der Waals surface area (Å²) < 4.78 is 14.4. The minimum atomic E-state index is -0.526. The zero-order chi connectivity index (χ0) is 18.4. The monoisotopic (exact) mass is 404 g/mol. The number of benzene rings is 2. The fourth-order valence-electron chi connectivity index (χ4n) is 2.27. The van der Waals surface area contributed by atoms with Crippen LogP contribution in [0.5, 0.6) is 0 Å². The van der Waals surface area contributed by atoms with Gasteiger partial charge < -0.3 is 9.80 Å².